The molecule has 0 aliphatic carbocycles. The minimum Gasteiger partial charge on any atom is -0.391 e. The molecule has 0 saturated carbocycles. The second kappa shape index (κ2) is 14.1. The first-order valence-electron chi connectivity index (χ1n) is 12.0. The third-order valence-electron chi connectivity index (χ3n) is 6.17. The Hall–Kier alpha value is -1.15. The predicted molar refractivity (Wildman–Crippen MR) is 124 cm³/mol. The summed E-state index contributed by atoms with van der Waals surface area (Å²) in [6.07, 6.45) is 6.39. The molecule has 1 aliphatic heterocycles. The maximum Gasteiger partial charge on any atom is 0.224 e. The highest BCUT2D eigenvalue weighted by Gasteiger charge is 2.30. The van der Waals surface area contributed by atoms with E-state index in [1.807, 2.05) is 0 Å². The van der Waals surface area contributed by atoms with Crippen LogP contribution < -0.4 is 10.6 Å². The lowest BCUT2D eigenvalue weighted by molar-refractivity contribution is -0.126. The third kappa shape index (κ3) is 11.3. The van der Waals surface area contributed by atoms with Gasteiger partial charge in [0.25, 0.3) is 0 Å². The highest BCUT2D eigenvalue weighted by molar-refractivity contribution is 7.91. The molecule has 31 heavy (non-hydrogen) atoms. The number of sulfone groups is 1. The van der Waals surface area contributed by atoms with Crippen LogP contribution in [-0.2, 0) is 19.4 Å². The SMILES string of the molecule is CCCCNC(=O)[C@H](C)C[C@H](O)[C@@H]1C[C@H](C)CCCCCCS(=O)(=O)C[C@@H](C)C(=O)N1. The number of carbonyl (C=O) groups excluding carboxylic acids is 2. The maximum atomic E-state index is 12.7. The minimum atomic E-state index is -3.28. The second-order valence-electron chi connectivity index (χ2n) is 9.52. The first-order valence-corrected chi connectivity index (χ1v) is 13.8. The maximum absolute atomic E-state index is 12.7. The number of aliphatic hydroxyl groups is 1. The Bertz CT molecular complexity index is 652. The number of amides is 2. The van der Waals surface area contributed by atoms with Gasteiger partial charge in [-0.3, -0.25) is 9.59 Å². The van der Waals surface area contributed by atoms with Gasteiger partial charge in [0.15, 0.2) is 9.84 Å². The van der Waals surface area contributed by atoms with Crippen LogP contribution in [0.2, 0.25) is 0 Å². The quantitative estimate of drug-likeness (QED) is 0.506. The summed E-state index contributed by atoms with van der Waals surface area (Å²) in [7, 11) is -3.28. The van der Waals surface area contributed by atoms with Gasteiger partial charge in [-0.1, -0.05) is 59.8 Å². The summed E-state index contributed by atoms with van der Waals surface area (Å²) in [5, 5.41) is 16.7. The number of nitrogens with one attached hydrogen (secondary N) is 2. The summed E-state index contributed by atoms with van der Waals surface area (Å²) in [4.78, 5) is 25.0. The summed E-state index contributed by atoms with van der Waals surface area (Å²) < 4.78 is 24.6. The first-order chi connectivity index (χ1) is 14.6. The van der Waals surface area contributed by atoms with Crippen molar-refractivity contribution in [1.29, 1.82) is 0 Å². The molecule has 1 aliphatic rings. The summed E-state index contributed by atoms with van der Waals surface area (Å²) in [5.41, 5.74) is 0. The highest BCUT2D eigenvalue weighted by atomic mass is 32.2. The van der Waals surface area contributed by atoms with Crippen molar-refractivity contribution in [2.24, 2.45) is 17.8 Å². The van der Waals surface area contributed by atoms with Crippen molar-refractivity contribution in [3.8, 4) is 0 Å². The molecule has 0 radical (unpaired) electrons. The van der Waals surface area contributed by atoms with E-state index < -0.39 is 27.9 Å². The van der Waals surface area contributed by atoms with Crippen LogP contribution in [0.5, 0.6) is 0 Å². The van der Waals surface area contributed by atoms with Crippen molar-refractivity contribution >= 4 is 21.7 Å². The van der Waals surface area contributed by atoms with E-state index in [2.05, 4.69) is 24.5 Å². The highest BCUT2D eigenvalue weighted by Crippen LogP contribution is 2.21. The number of hydrogen-bond donors (Lipinski definition) is 3. The van der Waals surface area contributed by atoms with E-state index in [1.54, 1.807) is 13.8 Å². The molecule has 0 aromatic carbocycles. The third-order valence-corrected chi connectivity index (χ3v) is 8.09. The topological polar surface area (TPSA) is 113 Å². The van der Waals surface area contributed by atoms with Crippen LogP contribution in [0.1, 0.15) is 85.5 Å². The lowest BCUT2D eigenvalue weighted by Crippen LogP contribution is -2.48. The van der Waals surface area contributed by atoms with Gasteiger partial charge in [-0.2, -0.15) is 0 Å². The van der Waals surface area contributed by atoms with Gasteiger partial charge in [0.2, 0.25) is 11.8 Å². The second-order valence-corrected chi connectivity index (χ2v) is 11.8. The van der Waals surface area contributed by atoms with Crippen LogP contribution in [-0.4, -0.2) is 55.5 Å². The summed E-state index contributed by atoms with van der Waals surface area (Å²) in [6, 6.07) is -0.499. The van der Waals surface area contributed by atoms with Gasteiger partial charge in [0, 0.05) is 18.4 Å². The van der Waals surface area contributed by atoms with E-state index >= 15 is 0 Å². The zero-order valence-electron chi connectivity index (χ0n) is 19.9. The van der Waals surface area contributed by atoms with Crippen LogP contribution in [0.25, 0.3) is 0 Å². The Morgan fingerprint density at radius 2 is 1.90 bits per heavy atom. The molecule has 1 heterocycles. The van der Waals surface area contributed by atoms with Crippen LogP contribution in [0.15, 0.2) is 0 Å². The molecule has 5 atom stereocenters. The van der Waals surface area contributed by atoms with Crippen molar-refractivity contribution in [2.45, 2.75) is 97.6 Å². The molecular weight excluding hydrogens is 416 g/mol. The van der Waals surface area contributed by atoms with Crippen LogP contribution in [0.4, 0.5) is 0 Å². The number of unbranched alkanes of at least 4 members (excludes halogenated alkanes) is 1. The molecule has 0 bridgehead atoms. The molecule has 0 aromatic heterocycles. The average Bonchev–Trinajstić information content (AvgIpc) is 2.68. The Kier molecular flexibility index (Phi) is 12.7. The molecule has 7 nitrogen and oxygen atoms in total. The van der Waals surface area contributed by atoms with Crippen molar-refractivity contribution < 1.29 is 23.1 Å². The monoisotopic (exact) mass is 460 g/mol. The molecule has 182 valence electrons. The molecule has 1 fully saturated rings. The molecular formula is C23H44N2O5S. The molecule has 0 spiro atoms. The first kappa shape index (κ1) is 27.9. The van der Waals surface area contributed by atoms with Gasteiger partial charge in [-0.15, -0.1) is 0 Å². The molecule has 0 aromatic rings. The lowest BCUT2D eigenvalue weighted by atomic mass is 9.89. The van der Waals surface area contributed by atoms with E-state index in [0.717, 1.165) is 38.5 Å². The summed E-state index contributed by atoms with van der Waals surface area (Å²) in [6.45, 7) is 8.21. The fourth-order valence-electron chi connectivity index (χ4n) is 4.09. The number of hydrogen-bond acceptors (Lipinski definition) is 5. The van der Waals surface area contributed by atoms with E-state index in [9.17, 15) is 23.1 Å². The molecule has 0 unspecified atom stereocenters. The van der Waals surface area contributed by atoms with Crippen molar-refractivity contribution in [3.05, 3.63) is 0 Å². The molecule has 2 amide bonds. The molecule has 1 saturated heterocycles. The molecule has 8 heteroatoms. The Morgan fingerprint density at radius 1 is 1.23 bits per heavy atom. The Labute approximate surface area is 189 Å². The largest absolute Gasteiger partial charge is 0.391 e. The fraction of sp³-hybridized carbons (Fsp3) is 0.913. The predicted octanol–water partition coefficient (Wildman–Crippen LogP) is 2.82. The van der Waals surface area contributed by atoms with Crippen molar-refractivity contribution in [2.75, 3.05) is 18.1 Å². The fourth-order valence-corrected chi connectivity index (χ4v) is 5.82. The zero-order valence-corrected chi connectivity index (χ0v) is 20.7. The Balaban J connectivity index is 2.84. The van der Waals surface area contributed by atoms with Crippen LogP contribution in [0, 0.1) is 17.8 Å². The van der Waals surface area contributed by atoms with Crippen molar-refractivity contribution in [1.82, 2.24) is 10.6 Å². The summed E-state index contributed by atoms with van der Waals surface area (Å²) >= 11 is 0. The number of rotatable bonds is 7. The van der Waals surface area contributed by atoms with E-state index in [1.165, 1.54) is 0 Å². The summed E-state index contributed by atoms with van der Waals surface area (Å²) in [5.74, 6) is -1.22. The Morgan fingerprint density at radius 3 is 2.58 bits per heavy atom. The standard InChI is InChI=1S/C23H44N2O5S/c1-5-6-12-24-22(27)18(3)15-21(26)20-14-17(2)11-9-7-8-10-13-31(29,30)16-19(4)23(28)25-20/h17-21,26H,5-16H2,1-4H3,(H,24,27)(H,25,28)/t17-,18-,19-,20+,21+/m1/s1. The van der Waals surface area contributed by atoms with Gasteiger partial charge in [-0.25, -0.2) is 8.42 Å². The number of aliphatic hydroxyl groups excluding tert-OH is 1. The van der Waals surface area contributed by atoms with Gasteiger partial charge >= 0.3 is 0 Å². The molecule has 1 rings (SSSR count). The van der Waals surface area contributed by atoms with Crippen LogP contribution in [0.3, 0.4) is 0 Å². The van der Waals surface area contributed by atoms with Gasteiger partial charge in [0.05, 0.1) is 23.7 Å². The van der Waals surface area contributed by atoms with Gasteiger partial charge < -0.3 is 15.7 Å². The van der Waals surface area contributed by atoms with Crippen LogP contribution >= 0.6 is 0 Å². The van der Waals surface area contributed by atoms with E-state index in [-0.39, 0.29) is 35.7 Å². The normalized spacial score (nSPS) is 28.0. The van der Waals surface area contributed by atoms with Crippen molar-refractivity contribution in [3.63, 3.8) is 0 Å². The van der Waals surface area contributed by atoms with E-state index in [0.29, 0.717) is 25.3 Å². The number of carbonyl (C=O) groups is 2. The minimum absolute atomic E-state index is 0.0905. The van der Waals surface area contributed by atoms with Gasteiger partial charge in [0.1, 0.15) is 0 Å². The zero-order chi connectivity index (χ0) is 23.4. The van der Waals surface area contributed by atoms with E-state index in [4.69, 9.17) is 0 Å². The van der Waals surface area contributed by atoms with Gasteiger partial charge in [-0.05, 0) is 31.6 Å². The lowest BCUT2D eigenvalue weighted by Gasteiger charge is -2.29. The smallest absolute Gasteiger partial charge is 0.224 e. The molecule has 3 N–H and O–H groups in total. The average molecular weight is 461 g/mol.